The fourth-order valence-electron chi connectivity index (χ4n) is 2.90. The Labute approximate surface area is 139 Å². The number of halogens is 1. The van der Waals surface area contributed by atoms with Crippen LogP contribution in [0.4, 0.5) is 0 Å². The zero-order valence-corrected chi connectivity index (χ0v) is 14.7. The normalized spacial score (nSPS) is 23.5. The summed E-state index contributed by atoms with van der Waals surface area (Å²) in [5, 5.41) is 2.97. The third kappa shape index (κ3) is 5.13. The molecule has 1 aliphatic carbocycles. The van der Waals surface area contributed by atoms with Gasteiger partial charge in [0.2, 0.25) is 11.8 Å². The van der Waals surface area contributed by atoms with Gasteiger partial charge in [0.05, 0.1) is 5.92 Å². The van der Waals surface area contributed by atoms with E-state index in [0.717, 1.165) is 19.4 Å². The highest BCUT2D eigenvalue weighted by Gasteiger charge is 2.34. The van der Waals surface area contributed by atoms with Crippen molar-refractivity contribution in [2.75, 3.05) is 19.6 Å². The van der Waals surface area contributed by atoms with Crippen LogP contribution >= 0.6 is 12.4 Å². The Morgan fingerprint density at radius 1 is 1.27 bits per heavy atom. The third-order valence-electron chi connectivity index (χ3n) is 4.46. The first-order chi connectivity index (χ1) is 9.79. The lowest BCUT2D eigenvalue weighted by molar-refractivity contribution is -0.142. The predicted molar refractivity (Wildman–Crippen MR) is 89.7 cm³/mol. The number of piperidine rings is 1. The standard InChI is InChI=1S/C16H29N3O2.ClH/c1-16(2,3)15(21)19-8-4-5-12(10-19)14(20)18-9-13(17)11-6-7-11;/h11-13H,4-10,17H2,1-3H3,(H,18,20);1H. The number of amides is 2. The first-order valence-corrected chi connectivity index (χ1v) is 8.11. The summed E-state index contributed by atoms with van der Waals surface area (Å²) in [6.07, 6.45) is 4.13. The molecule has 3 N–H and O–H groups in total. The molecule has 2 unspecified atom stereocenters. The van der Waals surface area contributed by atoms with Gasteiger partial charge in [0.15, 0.2) is 0 Å². The topological polar surface area (TPSA) is 75.4 Å². The van der Waals surface area contributed by atoms with Crippen LogP contribution in [-0.4, -0.2) is 42.4 Å². The maximum atomic E-state index is 12.3. The van der Waals surface area contributed by atoms with E-state index >= 15 is 0 Å². The molecule has 1 heterocycles. The maximum absolute atomic E-state index is 12.3. The minimum atomic E-state index is -0.382. The quantitative estimate of drug-likeness (QED) is 0.820. The van der Waals surface area contributed by atoms with E-state index in [0.29, 0.717) is 19.0 Å². The van der Waals surface area contributed by atoms with Crippen LogP contribution < -0.4 is 11.1 Å². The van der Waals surface area contributed by atoms with Crippen molar-refractivity contribution in [2.24, 2.45) is 23.0 Å². The highest BCUT2D eigenvalue weighted by molar-refractivity contribution is 5.85. The van der Waals surface area contributed by atoms with E-state index < -0.39 is 0 Å². The zero-order valence-electron chi connectivity index (χ0n) is 13.9. The van der Waals surface area contributed by atoms with Crippen molar-refractivity contribution in [3.05, 3.63) is 0 Å². The molecule has 1 aliphatic heterocycles. The molecule has 0 aromatic heterocycles. The molecular weight excluding hydrogens is 302 g/mol. The summed E-state index contributed by atoms with van der Waals surface area (Å²) < 4.78 is 0. The monoisotopic (exact) mass is 331 g/mol. The van der Waals surface area contributed by atoms with E-state index in [4.69, 9.17) is 5.73 Å². The van der Waals surface area contributed by atoms with Crippen LogP contribution in [0.2, 0.25) is 0 Å². The van der Waals surface area contributed by atoms with Crippen molar-refractivity contribution in [3.8, 4) is 0 Å². The second kappa shape index (κ2) is 7.64. The number of carbonyl (C=O) groups excluding carboxylic acids is 2. The maximum Gasteiger partial charge on any atom is 0.227 e. The van der Waals surface area contributed by atoms with Crippen molar-refractivity contribution in [3.63, 3.8) is 0 Å². The number of carbonyl (C=O) groups is 2. The molecule has 1 saturated carbocycles. The van der Waals surface area contributed by atoms with Crippen LogP contribution in [0.1, 0.15) is 46.5 Å². The Balaban J connectivity index is 0.00000242. The van der Waals surface area contributed by atoms with Crippen molar-refractivity contribution in [1.82, 2.24) is 10.2 Å². The second-order valence-corrected chi connectivity index (χ2v) is 7.59. The number of nitrogens with two attached hydrogens (primary N) is 1. The predicted octanol–water partition coefficient (Wildman–Crippen LogP) is 1.55. The largest absolute Gasteiger partial charge is 0.354 e. The van der Waals surface area contributed by atoms with Crippen LogP contribution in [-0.2, 0) is 9.59 Å². The Bertz CT molecular complexity index is 405. The molecule has 1 saturated heterocycles. The average Bonchev–Trinajstić information content (AvgIpc) is 3.27. The molecule has 128 valence electrons. The lowest BCUT2D eigenvalue weighted by atomic mass is 9.91. The summed E-state index contributed by atoms with van der Waals surface area (Å²) in [7, 11) is 0. The van der Waals surface area contributed by atoms with Gasteiger partial charge in [-0.1, -0.05) is 20.8 Å². The van der Waals surface area contributed by atoms with E-state index in [2.05, 4.69) is 5.32 Å². The lowest BCUT2D eigenvalue weighted by Gasteiger charge is -2.36. The number of nitrogens with zero attached hydrogens (tertiary/aromatic N) is 1. The van der Waals surface area contributed by atoms with Crippen LogP contribution in [0, 0.1) is 17.3 Å². The Morgan fingerprint density at radius 3 is 2.45 bits per heavy atom. The number of rotatable bonds is 4. The summed E-state index contributed by atoms with van der Waals surface area (Å²) in [5.41, 5.74) is 5.63. The molecule has 2 fully saturated rings. The minimum Gasteiger partial charge on any atom is -0.354 e. The second-order valence-electron chi connectivity index (χ2n) is 7.59. The fourth-order valence-corrected chi connectivity index (χ4v) is 2.90. The summed E-state index contributed by atoms with van der Waals surface area (Å²) in [6, 6.07) is 0.0878. The Kier molecular flexibility index (Phi) is 6.68. The van der Waals surface area contributed by atoms with Crippen molar-refractivity contribution < 1.29 is 9.59 Å². The van der Waals surface area contributed by atoms with E-state index in [1.54, 1.807) is 0 Å². The number of nitrogens with one attached hydrogen (secondary N) is 1. The molecule has 22 heavy (non-hydrogen) atoms. The highest BCUT2D eigenvalue weighted by Crippen LogP contribution is 2.31. The van der Waals surface area contributed by atoms with Crippen molar-refractivity contribution in [1.29, 1.82) is 0 Å². The van der Waals surface area contributed by atoms with Crippen LogP contribution in [0.3, 0.4) is 0 Å². The molecule has 0 radical (unpaired) electrons. The van der Waals surface area contributed by atoms with E-state index in [-0.39, 0.29) is 41.6 Å². The van der Waals surface area contributed by atoms with Gasteiger partial charge in [0, 0.05) is 31.1 Å². The third-order valence-corrected chi connectivity index (χ3v) is 4.46. The Morgan fingerprint density at radius 2 is 1.91 bits per heavy atom. The Hall–Kier alpha value is -0.810. The minimum absolute atomic E-state index is 0. The van der Waals surface area contributed by atoms with Crippen LogP contribution in [0.25, 0.3) is 0 Å². The molecular formula is C16H30ClN3O2. The van der Waals surface area contributed by atoms with E-state index in [1.807, 2.05) is 25.7 Å². The van der Waals surface area contributed by atoms with Gasteiger partial charge in [0.1, 0.15) is 0 Å². The van der Waals surface area contributed by atoms with Gasteiger partial charge in [-0.05, 0) is 31.6 Å². The fraction of sp³-hybridized carbons (Fsp3) is 0.875. The van der Waals surface area contributed by atoms with Gasteiger partial charge in [0.25, 0.3) is 0 Å². The van der Waals surface area contributed by atoms with Gasteiger partial charge in [-0.2, -0.15) is 0 Å². The van der Waals surface area contributed by atoms with Gasteiger partial charge in [-0.3, -0.25) is 9.59 Å². The number of hydrogen-bond acceptors (Lipinski definition) is 3. The molecule has 2 amide bonds. The molecule has 6 heteroatoms. The van der Waals surface area contributed by atoms with E-state index in [1.165, 1.54) is 12.8 Å². The van der Waals surface area contributed by atoms with Gasteiger partial charge >= 0.3 is 0 Å². The first-order valence-electron chi connectivity index (χ1n) is 8.11. The first kappa shape index (κ1) is 19.2. The van der Waals surface area contributed by atoms with E-state index in [9.17, 15) is 9.59 Å². The van der Waals surface area contributed by atoms with Crippen LogP contribution in [0.5, 0.6) is 0 Å². The molecule has 0 bridgehead atoms. The van der Waals surface area contributed by atoms with Gasteiger partial charge in [-0.15, -0.1) is 12.4 Å². The summed E-state index contributed by atoms with van der Waals surface area (Å²) >= 11 is 0. The highest BCUT2D eigenvalue weighted by atomic mass is 35.5. The van der Waals surface area contributed by atoms with Crippen molar-refractivity contribution in [2.45, 2.75) is 52.5 Å². The molecule has 0 aromatic rings. The smallest absolute Gasteiger partial charge is 0.227 e. The zero-order chi connectivity index (χ0) is 15.6. The molecule has 0 aromatic carbocycles. The molecule has 2 atom stereocenters. The molecule has 5 nitrogen and oxygen atoms in total. The average molecular weight is 332 g/mol. The van der Waals surface area contributed by atoms with Crippen molar-refractivity contribution >= 4 is 24.2 Å². The molecule has 0 spiro atoms. The summed E-state index contributed by atoms with van der Waals surface area (Å²) in [4.78, 5) is 26.4. The lowest BCUT2D eigenvalue weighted by Crippen LogP contribution is -2.50. The SMILES string of the molecule is CC(C)(C)C(=O)N1CCCC(C(=O)NCC(N)C2CC2)C1.Cl. The number of hydrogen-bond donors (Lipinski definition) is 2. The van der Waals surface area contributed by atoms with Crippen LogP contribution in [0.15, 0.2) is 0 Å². The van der Waals surface area contributed by atoms with Gasteiger partial charge in [-0.25, -0.2) is 0 Å². The molecule has 2 aliphatic rings. The number of likely N-dealkylation sites (tertiary alicyclic amines) is 1. The summed E-state index contributed by atoms with van der Waals surface area (Å²) in [5.74, 6) is 0.694. The molecule has 2 rings (SSSR count). The summed E-state index contributed by atoms with van der Waals surface area (Å²) in [6.45, 7) is 7.64. The van der Waals surface area contributed by atoms with Gasteiger partial charge < -0.3 is 16.0 Å².